The second kappa shape index (κ2) is 6.55. The molecule has 10 heteroatoms. The van der Waals surface area contributed by atoms with Gasteiger partial charge in [-0.05, 0) is 31.0 Å². The van der Waals surface area contributed by atoms with E-state index in [-0.39, 0.29) is 18.2 Å². The summed E-state index contributed by atoms with van der Waals surface area (Å²) in [5.41, 5.74) is -3.30. The van der Waals surface area contributed by atoms with Gasteiger partial charge < -0.3 is 0 Å². The topological polar surface area (TPSA) is 46.2 Å². The van der Waals surface area contributed by atoms with Crippen LogP contribution in [0.5, 0.6) is 0 Å². The van der Waals surface area contributed by atoms with Crippen molar-refractivity contribution in [3.05, 3.63) is 29.3 Å². The lowest BCUT2D eigenvalue weighted by molar-refractivity contribution is -0.143. The van der Waals surface area contributed by atoms with E-state index in [1.165, 1.54) is 0 Å². The molecule has 0 spiro atoms. The smallest absolute Gasteiger partial charge is 0.208 e. The van der Waals surface area contributed by atoms with Gasteiger partial charge in [-0.3, -0.25) is 0 Å². The molecular formula is C14H15F6NO2S. The Labute approximate surface area is 135 Å². The largest absolute Gasteiger partial charge is 0.416 e. The Bertz CT molecular complexity index is 658. The maximum Gasteiger partial charge on any atom is 0.416 e. The molecule has 0 saturated heterocycles. The van der Waals surface area contributed by atoms with Crippen LogP contribution in [0.4, 0.5) is 26.3 Å². The summed E-state index contributed by atoms with van der Waals surface area (Å²) in [5, 5.41) is 0. The first-order chi connectivity index (χ1) is 10.9. The molecule has 1 aromatic rings. The molecule has 24 heavy (non-hydrogen) atoms. The second-order valence-electron chi connectivity index (χ2n) is 5.70. The molecule has 2 rings (SSSR count). The van der Waals surface area contributed by atoms with Gasteiger partial charge in [0, 0.05) is 6.04 Å². The highest BCUT2D eigenvalue weighted by Gasteiger charge is 2.38. The molecule has 3 nitrogen and oxygen atoms in total. The van der Waals surface area contributed by atoms with E-state index >= 15 is 0 Å². The van der Waals surface area contributed by atoms with E-state index in [4.69, 9.17) is 0 Å². The third-order valence-electron chi connectivity index (χ3n) is 3.80. The molecule has 0 aliphatic heterocycles. The van der Waals surface area contributed by atoms with E-state index in [1.54, 1.807) is 0 Å². The molecule has 1 aliphatic rings. The zero-order valence-electron chi connectivity index (χ0n) is 12.3. The summed E-state index contributed by atoms with van der Waals surface area (Å²) < 4.78 is 103. The number of rotatable bonds is 3. The molecule has 0 bridgehead atoms. The quantitative estimate of drug-likeness (QED) is 0.799. The third kappa shape index (κ3) is 4.62. The van der Waals surface area contributed by atoms with Gasteiger partial charge >= 0.3 is 12.4 Å². The number of nitrogens with one attached hydrogen (secondary N) is 1. The molecular weight excluding hydrogens is 360 g/mol. The van der Waals surface area contributed by atoms with E-state index in [1.807, 2.05) is 0 Å². The number of hydrogen-bond acceptors (Lipinski definition) is 2. The zero-order chi connectivity index (χ0) is 18.2. The minimum Gasteiger partial charge on any atom is -0.208 e. The highest BCUT2D eigenvalue weighted by atomic mass is 32.2. The first-order valence-corrected chi connectivity index (χ1v) is 8.70. The highest BCUT2D eigenvalue weighted by molar-refractivity contribution is 7.89. The summed E-state index contributed by atoms with van der Waals surface area (Å²) in [4.78, 5) is -1.03. The van der Waals surface area contributed by atoms with Crippen LogP contribution in [0.2, 0.25) is 0 Å². The molecule has 1 fully saturated rings. The first-order valence-electron chi connectivity index (χ1n) is 7.21. The number of alkyl halides is 6. The van der Waals surface area contributed by atoms with Gasteiger partial charge in [0.2, 0.25) is 10.0 Å². The monoisotopic (exact) mass is 375 g/mol. The standard InChI is InChI=1S/C14H15F6NO2S/c15-13(16,17)9-6-10(14(18,19)20)8-12(7-9)24(22,23)21-11-4-2-1-3-5-11/h6-8,11,21H,1-5H2. The lowest BCUT2D eigenvalue weighted by Gasteiger charge is -2.23. The van der Waals surface area contributed by atoms with Crippen molar-refractivity contribution in [3.63, 3.8) is 0 Å². The fourth-order valence-corrected chi connectivity index (χ4v) is 3.96. The van der Waals surface area contributed by atoms with Gasteiger partial charge in [0.05, 0.1) is 16.0 Å². The van der Waals surface area contributed by atoms with Gasteiger partial charge in [-0.2, -0.15) is 26.3 Å². The van der Waals surface area contributed by atoms with Crippen LogP contribution in [0.25, 0.3) is 0 Å². The molecule has 0 heterocycles. The number of hydrogen-bond donors (Lipinski definition) is 1. The summed E-state index contributed by atoms with van der Waals surface area (Å²) >= 11 is 0. The average Bonchev–Trinajstić information content (AvgIpc) is 2.45. The van der Waals surface area contributed by atoms with Crippen molar-refractivity contribution in [3.8, 4) is 0 Å². The van der Waals surface area contributed by atoms with E-state index in [9.17, 15) is 34.8 Å². The van der Waals surface area contributed by atoms with Crippen LogP contribution in [-0.4, -0.2) is 14.5 Å². The normalized spacial score (nSPS) is 17.9. The highest BCUT2D eigenvalue weighted by Crippen LogP contribution is 2.37. The van der Waals surface area contributed by atoms with Crippen LogP contribution in [-0.2, 0) is 22.4 Å². The van der Waals surface area contributed by atoms with Gasteiger partial charge in [0.25, 0.3) is 0 Å². The van der Waals surface area contributed by atoms with Crippen LogP contribution >= 0.6 is 0 Å². The molecule has 0 atom stereocenters. The van der Waals surface area contributed by atoms with Crippen LogP contribution in [0.15, 0.2) is 23.1 Å². The summed E-state index contributed by atoms with van der Waals surface area (Å²) in [6, 6.07) is -0.131. The molecule has 1 aliphatic carbocycles. The summed E-state index contributed by atoms with van der Waals surface area (Å²) in [7, 11) is -4.48. The van der Waals surface area contributed by atoms with Crippen LogP contribution in [0.3, 0.4) is 0 Å². The van der Waals surface area contributed by atoms with Gasteiger partial charge in [0.15, 0.2) is 0 Å². The van der Waals surface area contributed by atoms with E-state index in [2.05, 4.69) is 4.72 Å². The van der Waals surface area contributed by atoms with Gasteiger partial charge in [-0.15, -0.1) is 0 Å². The molecule has 1 N–H and O–H groups in total. The lowest BCUT2D eigenvalue weighted by Crippen LogP contribution is -2.36. The fraction of sp³-hybridized carbons (Fsp3) is 0.571. The maximum absolute atomic E-state index is 12.8. The first kappa shape index (κ1) is 19.0. The number of benzene rings is 1. The van der Waals surface area contributed by atoms with Crippen LogP contribution < -0.4 is 4.72 Å². The Balaban J connectivity index is 2.43. The minimum absolute atomic E-state index is 0.0976. The van der Waals surface area contributed by atoms with Gasteiger partial charge in [-0.25, -0.2) is 13.1 Å². The van der Waals surface area contributed by atoms with Crippen molar-refractivity contribution in [1.29, 1.82) is 0 Å². The molecule has 136 valence electrons. The fourth-order valence-electron chi connectivity index (χ4n) is 2.59. The third-order valence-corrected chi connectivity index (χ3v) is 5.30. The van der Waals surface area contributed by atoms with Crippen molar-refractivity contribution in [2.75, 3.05) is 0 Å². The predicted molar refractivity (Wildman–Crippen MR) is 73.6 cm³/mol. The summed E-state index contributed by atoms with van der Waals surface area (Å²) in [5.74, 6) is 0. The molecule has 0 radical (unpaired) electrons. The van der Waals surface area contributed by atoms with Gasteiger partial charge in [0.1, 0.15) is 0 Å². The van der Waals surface area contributed by atoms with Crippen molar-refractivity contribution >= 4 is 10.0 Å². The molecule has 0 aromatic heterocycles. The molecule has 0 amide bonds. The molecule has 1 saturated carbocycles. The van der Waals surface area contributed by atoms with E-state index < -0.39 is 44.4 Å². The number of halogens is 6. The van der Waals surface area contributed by atoms with Gasteiger partial charge in [-0.1, -0.05) is 19.3 Å². The summed E-state index contributed by atoms with van der Waals surface area (Å²) in [6.07, 6.45) is -6.74. The Morgan fingerprint density at radius 2 is 1.29 bits per heavy atom. The Hall–Kier alpha value is -1.29. The average molecular weight is 375 g/mol. The van der Waals surface area contributed by atoms with E-state index in [0.717, 1.165) is 19.3 Å². The van der Waals surface area contributed by atoms with Crippen molar-refractivity contribution in [2.45, 2.75) is 55.4 Å². The lowest BCUT2D eigenvalue weighted by atomic mass is 9.96. The van der Waals surface area contributed by atoms with Crippen molar-refractivity contribution in [2.24, 2.45) is 0 Å². The Kier molecular flexibility index (Phi) is 5.19. The Morgan fingerprint density at radius 3 is 1.71 bits per heavy atom. The van der Waals surface area contributed by atoms with Crippen LogP contribution in [0, 0.1) is 0 Å². The minimum atomic E-state index is -5.09. The number of sulfonamides is 1. The van der Waals surface area contributed by atoms with Crippen molar-refractivity contribution in [1.82, 2.24) is 4.72 Å². The second-order valence-corrected chi connectivity index (χ2v) is 7.41. The zero-order valence-corrected chi connectivity index (χ0v) is 13.2. The summed E-state index contributed by atoms with van der Waals surface area (Å²) in [6.45, 7) is 0. The van der Waals surface area contributed by atoms with E-state index in [0.29, 0.717) is 12.8 Å². The molecule has 1 aromatic carbocycles. The van der Waals surface area contributed by atoms with Crippen LogP contribution in [0.1, 0.15) is 43.2 Å². The predicted octanol–water partition coefficient (Wildman–Crippen LogP) is 4.34. The SMILES string of the molecule is O=S(=O)(NC1CCCCC1)c1cc(C(F)(F)F)cc(C(F)(F)F)c1. The Morgan fingerprint density at radius 1 is 0.833 bits per heavy atom. The molecule has 0 unspecified atom stereocenters. The van der Waals surface area contributed by atoms with Crippen molar-refractivity contribution < 1.29 is 34.8 Å². The maximum atomic E-state index is 12.8.